The summed E-state index contributed by atoms with van der Waals surface area (Å²) in [4.78, 5) is 30.9. The van der Waals surface area contributed by atoms with Gasteiger partial charge < -0.3 is 0 Å². The van der Waals surface area contributed by atoms with E-state index in [0.717, 1.165) is 27.9 Å². The number of pyridine rings is 1. The normalized spacial score (nSPS) is 11.6. The van der Waals surface area contributed by atoms with E-state index >= 15 is 0 Å². The third kappa shape index (κ3) is 3.59. The predicted octanol–water partition coefficient (Wildman–Crippen LogP) is 4.26. The van der Waals surface area contributed by atoms with Crippen molar-refractivity contribution in [2.45, 2.75) is 31.7 Å². The van der Waals surface area contributed by atoms with Gasteiger partial charge in [0, 0.05) is 18.0 Å². The Morgan fingerprint density at radius 1 is 0.889 bits per heavy atom. The molecule has 0 spiro atoms. The van der Waals surface area contributed by atoms with Gasteiger partial charge in [0.25, 0.3) is 11.1 Å². The first-order valence-corrected chi connectivity index (χ1v) is 12.5. The Balaban J connectivity index is 1.51. The average molecular weight is 495 g/mol. The molecule has 0 N–H and O–H groups in total. The Morgan fingerprint density at radius 2 is 1.69 bits per heavy atom. The first-order chi connectivity index (χ1) is 17.4. The van der Waals surface area contributed by atoms with E-state index in [9.17, 15) is 9.59 Å². The van der Waals surface area contributed by atoms with E-state index in [0.29, 0.717) is 33.4 Å². The molecular weight excluding hydrogens is 472 g/mol. The summed E-state index contributed by atoms with van der Waals surface area (Å²) in [7, 11) is 0. The second-order valence-electron chi connectivity index (χ2n) is 8.87. The van der Waals surface area contributed by atoms with Crippen LogP contribution in [0.2, 0.25) is 0 Å². The Labute approximate surface area is 209 Å². The van der Waals surface area contributed by atoms with E-state index in [1.165, 1.54) is 11.8 Å². The smallest absolute Gasteiger partial charge is 0.267 e. The lowest BCUT2D eigenvalue weighted by Gasteiger charge is -2.14. The van der Waals surface area contributed by atoms with Crippen molar-refractivity contribution in [2.24, 2.45) is 0 Å². The van der Waals surface area contributed by atoms with Crippen LogP contribution in [-0.4, -0.2) is 28.5 Å². The second kappa shape index (κ2) is 8.46. The van der Waals surface area contributed by atoms with E-state index < -0.39 is 0 Å². The maximum atomic E-state index is 13.6. The van der Waals surface area contributed by atoms with Gasteiger partial charge in [0.05, 0.1) is 22.3 Å². The monoisotopic (exact) mass is 494 g/mol. The molecule has 0 saturated carbocycles. The Kier molecular flexibility index (Phi) is 5.22. The van der Waals surface area contributed by atoms with Crippen molar-refractivity contribution in [2.75, 3.05) is 0 Å². The summed E-state index contributed by atoms with van der Waals surface area (Å²) >= 11 is 1.43. The minimum absolute atomic E-state index is 0.125. The lowest BCUT2D eigenvalue weighted by molar-refractivity contribution is 0.925. The second-order valence-corrected chi connectivity index (χ2v) is 9.82. The number of para-hydroxylation sites is 1. The molecule has 8 nitrogen and oxygen atoms in total. The maximum absolute atomic E-state index is 13.6. The molecule has 178 valence electrons. The van der Waals surface area contributed by atoms with Crippen LogP contribution in [0, 0.1) is 20.8 Å². The minimum atomic E-state index is -0.143. The van der Waals surface area contributed by atoms with Crippen LogP contribution in [0.3, 0.4) is 0 Å². The number of hydrogen-bond acceptors (Lipinski definition) is 6. The van der Waals surface area contributed by atoms with Gasteiger partial charge in [-0.25, -0.2) is 9.55 Å². The number of hydrogen-bond donors (Lipinski definition) is 0. The maximum Gasteiger partial charge on any atom is 0.267 e. The predicted molar refractivity (Wildman–Crippen MR) is 141 cm³/mol. The molecule has 0 bridgehead atoms. The zero-order chi connectivity index (χ0) is 25.0. The van der Waals surface area contributed by atoms with Crippen molar-refractivity contribution in [3.63, 3.8) is 0 Å². The van der Waals surface area contributed by atoms with E-state index in [1.807, 2.05) is 79.8 Å². The fraction of sp³-hybridized carbons (Fsp3) is 0.148. The van der Waals surface area contributed by atoms with Gasteiger partial charge in [0.2, 0.25) is 5.78 Å². The van der Waals surface area contributed by atoms with Gasteiger partial charge in [0.15, 0.2) is 5.16 Å². The molecule has 0 aliphatic heterocycles. The fourth-order valence-corrected chi connectivity index (χ4v) is 5.25. The molecule has 0 saturated heterocycles. The molecule has 0 unspecified atom stereocenters. The number of thioether (sulfide) groups is 1. The minimum Gasteiger partial charge on any atom is -0.269 e. The fourth-order valence-electron chi connectivity index (χ4n) is 4.42. The Bertz CT molecular complexity index is 1940. The lowest BCUT2D eigenvalue weighted by atomic mass is 10.1. The van der Waals surface area contributed by atoms with Crippen molar-refractivity contribution in [3.05, 3.63) is 110 Å². The van der Waals surface area contributed by atoms with E-state index in [2.05, 4.69) is 15.2 Å². The highest BCUT2D eigenvalue weighted by Crippen LogP contribution is 2.26. The van der Waals surface area contributed by atoms with Crippen LogP contribution >= 0.6 is 11.8 Å². The highest BCUT2D eigenvalue weighted by Gasteiger charge is 2.19. The van der Waals surface area contributed by atoms with Crippen LogP contribution in [0.4, 0.5) is 0 Å². The highest BCUT2D eigenvalue weighted by atomic mass is 32.2. The molecule has 0 aliphatic rings. The molecule has 0 radical (unpaired) electrons. The van der Waals surface area contributed by atoms with Gasteiger partial charge in [-0.1, -0.05) is 42.1 Å². The number of rotatable bonds is 4. The van der Waals surface area contributed by atoms with Crippen molar-refractivity contribution in [1.82, 2.24) is 28.5 Å². The van der Waals surface area contributed by atoms with E-state index in [4.69, 9.17) is 0 Å². The van der Waals surface area contributed by atoms with Crippen molar-refractivity contribution < 1.29 is 0 Å². The Morgan fingerprint density at radius 3 is 2.56 bits per heavy atom. The van der Waals surface area contributed by atoms with Crippen LogP contribution in [0.25, 0.3) is 28.0 Å². The van der Waals surface area contributed by atoms with E-state index in [-0.39, 0.29) is 11.1 Å². The van der Waals surface area contributed by atoms with Crippen LogP contribution in [0.15, 0.2) is 81.6 Å². The van der Waals surface area contributed by atoms with Gasteiger partial charge in [-0.2, -0.15) is 0 Å². The molecule has 0 aliphatic carbocycles. The SMILES string of the molecule is Cc1ccc(C)c(-n2c(=O)c3ccccc3n3c(SCc4cc(=O)n5cc(C)ccc5n4)nnc23)c1. The molecule has 0 atom stereocenters. The standard InChI is InChI=1S/C27H22N6O2S/c1-16-8-10-18(3)22(12-16)32-25(35)20-6-4-5-7-21(20)33-26(32)29-30-27(33)36-15-19-13-24(34)31-14-17(2)9-11-23(31)28-19/h4-14H,15H2,1-3H3. The average Bonchev–Trinajstić information content (AvgIpc) is 3.29. The molecule has 9 heteroatoms. The summed E-state index contributed by atoms with van der Waals surface area (Å²) in [6.07, 6.45) is 1.78. The molecule has 6 rings (SSSR count). The third-order valence-electron chi connectivity index (χ3n) is 6.21. The first kappa shape index (κ1) is 22.2. The quantitative estimate of drug-likeness (QED) is 0.341. The molecule has 0 fully saturated rings. The molecule has 4 aromatic heterocycles. The highest BCUT2D eigenvalue weighted by molar-refractivity contribution is 7.98. The van der Waals surface area contributed by atoms with Crippen molar-refractivity contribution >= 4 is 34.1 Å². The Hall–Kier alpha value is -4.24. The third-order valence-corrected chi connectivity index (χ3v) is 7.17. The molecule has 0 amide bonds. The largest absolute Gasteiger partial charge is 0.269 e. The number of aryl methyl sites for hydroxylation is 3. The van der Waals surface area contributed by atoms with Gasteiger partial charge in [0.1, 0.15) is 5.65 Å². The number of benzene rings is 2. The van der Waals surface area contributed by atoms with Gasteiger partial charge >= 0.3 is 0 Å². The zero-order valence-corrected chi connectivity index (χ0v) is 20.8. The molecule has 2 aromatic carbocycles. The van der Waals surface area contributed by atoms with Crippen molar-refractivity contribution in [3.8, 4) is 5.69 Å². The van der Waals surface area contributed by atoms with Crippen LogP contribution < -0.4 is 11.1 Å². The van der Waals surface area contributed by atoms with Gasteiger partial charge in [-0.15, -0.1) is 10.2 Å². The summed E-state index contributed by atoms with van der Waals surface area (Å²) in [6, 6.07) is 18.8. The molecule has 36 heavy (non-hydrogen) atoms. The number of nitrogens with zero attached hydrogens (tertiary/aromatic N) is 6. The summed E-state index contributed by atoms with van der Waals surface area (Å²) in [5.74, 6) is 0.870. The van der Waals surface area contributed by atoms with Crippen LogP contribution in [-0.2, 0) is 5.75 Å². The number of fused-ring (bicyclic) bond motifs is 4. The van der Waals surface area contributed by atoms with Gasteiger partial charge in [-0.3, -0.25) is 18.4 Å². The van der Waals surface area contributed by atoms with Crippen LogP contribution in [0.5, 0.6) is 0 Å². The first-order valence-electron chi connectivity index (χ1n) is 11.5. The number of aromatic nitrogens is 6. The zero-order valence-electron chi connectivity index (χ0n) is 20.0. The van der Waals surface area contributed by atoms with E-state index in [1.54, 1.807) is 21.2 Å². The molecule has 4 heterocycles. The van der Waals surface area contributed by atoms with Gasteiger partial charge in [-0.05, 0) is 61.7 Å². The summed E-state index contributed by atoms with van der Waals surface area (Å²) in [5, 5.41) is 10.1. The van der Waals surface area contributed by atoms with Crippen molar-refractivity contribution in [1.29, 1.82) is 0 Å². The summed E-state index contributed by atoms with van der Waals surface area (Å²) in [6.45, 7) is 5.91. The summed E-state index contributed by atoms with van der Waals surface area (Å²) in [5.41, 5.74) is 5.49. The summed E-state index contributed by atoms with van der Waals surface area (Å²) < 4.78 is 5.08. The lowest BCUT2D eigenvalue weighted by Crippen LogP contribution is -2.22. The molecule has 6 aromatic rings. The van der Waals surface area contributed by atoms with Crippen LogP contribution in [0.1, 0.15) is 22.4 Å². The molecular formula is C27H22N6O2S. The topological polar surface area (TPSA) is 86.6 Å².